The molecule has 0 atom stereocenters. The van der Waals surface area contributed by atoms with E-state index in [2.05, 4.69) is 0 Å². The number of hydrogen-bond donors (Lipinski definition) is 2. The SMILES string of the molecule is O=C1CC(=CCl)c2c(O)cc(O)cc2O1. The highest BCUT2D eigenvalue weighted by atomic mass is 35.5. The molecule has 0 aromatic heterocycles. The third-order valence-corrected chi connectivity index (χ3v) is 2.34. The van der Waals surface area contributed by atoms with E-state index in [0.29, 0.717) is 11.1 Å². The standard InChI is InChI=1S/C10H7ClO4/c11-4-5-1-9(14)15-8-3-6(12)2-7(13)10(5)8/h2-4,12-13H,1H2. The maximum absolute atomic E-state index is 11.1. The normalized spacial score (nSPS) is 17.4. The molecule has 1 aromatic rings. The summed E-state index contributed by atoms with van der Waals surface area (Å²) in [5.41, 5.74) is 2.04. The molecule has 0 aliphatic carbocycles. The van der Waals surface area contributed by atoms with E-state index in [9.17, 15) is 15.0 Å². The van der Waals surface area contributed by atoms with E-state index in [1.54, 1.807) is 0 Å². The van der Waals surface area contributed by atoms with Crippen LogP contribution in [-0.2, 0) is 4.79 Å². The number of aromatic hydroxyl groups is 2. The zero-order chi connectivity index (χ0) is 11.0. The van der Waals surface area contributed by atoms with Crippen molar-refractivity contribution in [1.82, 2.24) is 0 Å². The summed E-state index contributed by atoms with van der Waals surface area (Å²) in [7, 11) is 0. The number of carbonyl (C=O) groups excluding carboxylic acids is 1. The first-order chi connectivity index (χ1) is 7.11. The summed E-state index contributed by atoms with van der Waals surface area (Å²) in [5.74, 6) is -0.686. The van der Waals surface area contributed by atoms with Crippen LogP contribution < -0.4 is 4.74 Å². The van der Waals surface area contributed by atoms with Crippen LogP contribution >= 0.6 is 11.6 Å². The number of rotatable bonds is 0. The van der Waals surface area contributed by atoms with E-state index in [0.717, 1.165) is 0 Å². The highest BCUT2D eigenvalue weighted by molar-refractivity contribution is 6.29. The minimum atomic E-state index is -0.473. The van der Waals surface area contributed by atoms with Gasteiger partial charge in [0.1, 0.15) is 17.2 Å². The molecule has 2 N–H and O–H groups in total. The molecule has 0 amide bonds. The van der Waals surface area contributed by atoms with Gasteiger partial charge in [0.15, 0.2) is 0 Å². The Morgan fingerprint density at radius 1 is 1.40 bits per heavy atom. The lowest BCUT2D eigenvalue weighted by Crippen LogP contribution is -2.15. The van der Waals surface area contributed by atoms with Crippen LogP contribution in [0.25, 0.3) is 5.57 Å². The second kappa shape index (κ2) is 3.47. The van der Waals surface area contributed by atoms with E-state index in [4.69, 9.17) is 16.3 Å². The van der Waals surface area contributed by atoms with Crippen molar-refractivity contribution in [3.8, 4) is 17.2 Å². The summed E-state index contributed by atoms with van der Waals surface area (Å²) in [6.45, 7) is 0. The molecule has 0 saturated heterocycles. The number of fused-ring (bicyclic) bond motifs is 1. The van der Waals surface area contributed by atoms with Crippen LogP contribution in [0.4, 0.5) is 0 Å². The molecule has 4 nitrogen and oxygen atoms in total. The third kappa shape index (κ3) is 1.64. The molecule has 0 fully saturated rings. The second-order valence-corrected chi connectivity index (χ2v) is 3.34. The number of hydrogen-bond acceptors (Lipinski definition) is 4. The van der Waals surface area contributed by atoms with Gasteiger partial charge in [-0.2, -0.15) is 0 Å². The Morgan fingerprint density at radius 2 is 2.13 bits per heavy atom. The topological polar surface area (TPSA) is 66.8 Å². The first kappa shape index (κ1) is 9.86. The average molecular weight is 227 g/mol. The predicted molar refractivity (Wildman–Crippen MR) is 53.9 cm³/mol. The molecule has 5 heteroatoms. The van der Waals surface area contributed by atoms with Crippen LogP contribution in [0, 0.1) is 0 Å². The molecule has 78 valence electrons. The Morgan fingerprint density at radius 3 is 2.80 bits per heavy atom. The molecule has 1 aliphatic rings. The van der Waals surface area contributed by atoms with Crippen molar-refractivity contribution < 1.29 is 19.7 Å². The van der Waals surface area contributed by atoms with E-state index < -0.39 is 5.97 Å². The van der Waals surface area contributed by atoms with Crippen molar-refractivity contribution in [3.05, 3.63) is 23.2 Å². The quantitative estimate of drug-likeness (QED) is 0.524. The van der Waals surface area contributed by atoms with Crippen LogP contribution in [0.2, 0.25) is 0 Å². The van der Waals surface area contributed by atoms with Gasteiger partial charge in [-0.1, -0.05) is 11.6 Å². The van der Waals surface area contributed by atoms with Gasteiger partial charge in [-0.15, -0.1) is 0 Å². The predicted octanol–water partition coefficient (Wildman–Crippen LogP) is 1.99. The summed E-state index contributed by atoms with van der Waals surface area (Å²) in [5, 5.41) is 18.8. The molecule has 0 spiro atoms. The molecule has 0 radical (unpaired) electrons. The number of carbonyl (C=O) groups is 1. The van der Waals surface area contributed by atoms with Gasteiger partial charge in [-0.3, -0.25) is 4.79 Å². The van der Waals surface area contributed by atoms with Gasteiger partial charge in [0.25, 0.3) is 0 Å². The van der Waals surface area contributed by atoms with Gasteiger partial charge >= 0.3 is 5.97 Å². The fourth-order valence-corrected chi connectivity index (χ4v) is 1.67. The lowest BCUT2D eigenvalue weighted by molar-refractivity contribution is -0.133. The average Bonchev–Trinajstić information content (AvgIpc) is 2.14. The Balaban J connectivity index is 2.66. The molecular weight excluding hydrogens is 220 g/mol. The summed E-state index contributed by atoms with van der Waals surface area (Å²) < 4.78 is 4.87. The van der Waals surface area contributed by atoms with Crippen molar-refractivity contribution in [2.45, 2.75) is 6.42 Å². The zero-order valence-corrected chi connectivity index (χ0v) is 8.28. The molecule has 2 rings (SSSR count). The molecular formula is C10H7ClO4. The van der Waals surface area contributed by atoms with Gasteiger partial charge in [-0.25, -0.2) is 0 Å². The van der Waals surface area contributed by atoms with Gasteiger partial charge < -0.3 is 14.9 Å². The van der Waals surface area contributed by atoms with E-state index in [1.165, 1.54) is 17.7 Å². The molecule has 1 aromatic carbocycles. The maximum Gasteiger partial charge on any atom is 0.315 e. The minimum absolute atomic E-state index is 0.00877. The fourth-order valence-electron chi connectivity index (χ4n) is 1.49. The fraction of sp³-hybridized carbons (Fsp3) is 0.100. The maximum atomic E-state index is 11.1. The van der Waals surface area contributed by atoms with Gasteiger partial charge in [-0.05, 0) is 5.57 Å². The first-order valence-electron chi connectivity index (χ1n) is 4.18. The number of benzene rings is 1. The van der Waals surface area contributed by atoms with Crippen molar-refractivity contribution >= 4 is 23.1 Å². The minimum Gasteiger partial charge on any atom is -0.508 e. The number of halogens is 1. The van der Waals surface area contributed by atoms with Crippen molar-refractivity contribution in [2.24, 2.45) is 0 Å². The molecule has 1 aliphatic heterocycles. The van der Waals surface area contributed by atoms with E-state index >= 15 is 0 Å². The highest BCUT2D eigenvalue weighted by Gasteiger charge is 2.25. The summed E-state index contributed by atoms with van der Waals surface area (Å²) in [6, 6.07) is 2.42. The lowest BCUT2D eigenvalue weighted by Gasteiger charge is -2.18. The van der Waals surface area contributed by atoms with E-state index in [1.807, 2.05) is 0 Å². The summed E-state index contributed by atoms with van der Waals surface area (Å²) >= 11 is 5.54. The number of phenolic OH excluding ortho intramolecular Hbond substituents is 2. The van der Waals surface area contributed by atoms with Crippen LogP contribution in [0.3, 0.4) is 0 Å². The molecule has 0 bridgehead atoms. The largest absolute Gasteiger partial charge is 0.508 e. The number of ether oxygens (including phenoxy) is 1. The van der Waals surface area contributed by atoms with Crippen molar-refractivity contribution in [3.63, 3.8) is 0 Å². The Kier molecular flexibility index (Phi) is 2.28. The highest BCUT2D eigenvalue weighted by Crippen LogP contribution is 2.42. The van der Waals surface area contributed by atoms with Crippen LogP contribution in [0.5, 0.6) is 17.2 Å². The lowest BCUT2D eigenvalue weighted by atomic mass is 10.00. The number of phenols is 2. The van der Waals surface area contributed by atoms with Crippen molar-refractivity contribution in [2.75, 3.05) is 0 Å². The summed E-state index contributed by atoms with van der Waals surface area (Å²) in [6.07, 6.45) is 0.00877. The monoisotopic (exact) mass is 226 g/mol. The molecule has 15 heavy (non-hydrogen) atoms. The number of esters is 1. The second-order valence-electron chi connectivity index (χ2n) is 3.12. The first-order valence-corrected chi connectivity index (χ1v) is 4.61. The zero-order valence-electron chi connectivity index (χ0n) is 7.53. The van der Waals surface area contributed by atoms with Gasteiger partial charge in [0.05, 0.1) is 12.0 Å². The Labute approximate surface area is 90.4 Å². The van der Waals surface area contributed by atoms with Crippen molar-refractivity contribution in [1.29, 1.82) is 0 Å². The molecule has 0 unspecified atom stereocenters. The molecule has 1 heterocycles. The third-order valence-electron chi connectivity index (χ3n) is 2.08. The van der Waals surface area contributed by atoms with Crippen LogP contribution in [0.1, 0.15) is 12.0 Å². The smallest absolute Gasteiger partial charge is 0.315 e. The molecule has 0 saturated carbocycles. The van der Waals surface area contributed by atoms with Gasteiger partial charge in [0, 0.05) is 17.7 Å². The van der Waals surface area contributed by atoms with Gasteiger partial charge in [0.2, 0.25) is 0 Å². The van der Waals surface area contributed by atoms with E-state index in [-0.39, 0.29) is 23.7 Å². The van der Waals surface area contributed by atoms with Crippen LogP contribution in [0.15, 0.2) is 17.7 Å². The Hall–Kier alpha value is -1.68. The summed E-state index contributed by atoms with van der Waals surface area (Å²) in [4.78, 5) is 11.1. The van der Waals surface area contributed by atoms with Crippen LogP contribution in [-0.4, -0.2) is 16.2 Å². The Bertz CT molecular complexity index is 465.